The number of hydrogen-bond acceptors (Lipinski definition) is 5. The molecule has 1 aliphatic heterocycles. The van der Waals surface area contributed by atoms with Crippen molar-refractivity contribution in [3.8, 4) is 5.75 Å². The van der Waals surface area contributed by atoms with Gasteiger partial charge in [-0.15, -0.1) is 0 Å². The van der Waals surface area contributed by atoms with E-state index in [1.165, 1.54) is 17.0 Å². The third-order valence-electron chi connectivity index (χ3n) is 3.94. The number of nitro groups is 1. The maximum absolute atomic E-state index is 12.8. The summed E-state index contributed by atoms with van der Waals surface area (Å²) in [5.41, 5.74) is 0.838. The van der Waals surface area contributed by atoms with Crippen molar-refractivity contribution in [2.45, 2.75) is 18.8 Å². The summed E-state index contributed by atoms with van der Waals surface area (Å²) in [5.74, 6) is -1.99. The van der Waals surface area contributed by atoms with Gasteiger partial charge in [0.05, 0.1) is 17.2 Å². The van der Waals surface area contributed by atoms with Crippen molar-refractivity contribution in [3.05, 3.63) is 64.2 Å². The molecule has 0 aliphatic carbocycles. The molecule has 1 atom stereocenters. The second-order valence-corrected chi connectivity index (χ2v) is 5.74. The number of carbonyl (C=O) groups is 1. The fraction of sp³-hybridized carbons (Fsp3) is 0.235. The number of ether oxygens (including phenoxy) is 1. The largest absolute Gasteiger partial charge is 0.478 e. The number of ketones is 1. The number of nitro benzene ring substituents is 1. The predicted molar refractivity (Wildman–Crippen MR) is 86.1 cm³/mol. The van der Waals surface area contributed by atoms with Crippen LogP contribution in [-0.4, -0.2) is 29.5 Å². The number of non-ortho nitro benzene ring substituents is 1. The molecule has 136 valence electrons. The van der Waals surface area contributed by atoms with Gasteiger partial charge in [-0.2, -0.15) is 13.2 Å². The zero-order valence-electron chi connectivity index (χ0n) is 13.3. The van der Waals surface area contributed by atoms with Gasteiger partial charge in [-0.25, -0.2) is 0 Å². The predicted octanol–water partition coefficient (Wildman–Crippen LogP) is 3.49. The van der Waals surface area contributed by atoms with Crippen molar-refractivity contribution in [2.75, 3.05) is 11.4 Å². The van der Waals surface area contributed by atoms with E-state index in [2.05, 4.69) is 0 Å². The maximum atomic E-state index is 12.8. The van der Waals surface area contributed by atoms with Crippen LogP contribution >= 0.6 is 0 Å². The lowest BCUT2D eigenvalue weighted by Gasteiger charge is -2.35. The zero-order valence-corrected chi connectivity index (χ0v) is 13.3. The molecule has 9 heteroatoms. The van der Waals surface area contributed by atoms with Crippen LogP contribution in [0, 0.1) is 10.1 Å². The van der Waals surface area contributed by atoms with Crippen LogP contribution in [0.2, 0.25) is 0 Å². The smallest absolute Gasteiger partial charge is 0.454 e. The molecule has 26 heavy (non-hydrogen) atoms. The summed E-state index contributed by atoms with van der Waals surface area (Å²) >= 11 is 0. The van der Waals surface area contributed by atoms with E-state index in [1.807, 2.05) is 0 Å². The van der Waals surface area contributed by atoms with Gasteiger partial charge < -0.3 is 9.64 Å². The number of nitrogens with zero attached hydrogens (tertiary/aromatic N) is 2. The number of halogens is 3. The highest BCUT2D eigenvalue weighted by molar-refractivity contribution is 5.90. The van der Waals surface area contributed by atoms with Crippen LogP contribution < -0.4 is 9.64 Å². The lowest BCUT2D eigenvalue weighted by Crippen LogP contribution is -2.48. The van der Waals surface area contributed by atoms with Crippen molar-refractivity contribution in [2.24, 2.45) is 0 Å². The molecule has 0 bridgehead atoms. The van der Waals surface area contributed by atoms with Gasteiger partial charge in [0.15, 0.2) is 6.10 Å². The van der Waals surface area contributed by atoms with E-state index in [0.717, 1.165) is 11.6 Å². The quantitative estimate of drug-likeness (QED) is 0.612. The topological polar surface area (TPSA) is 72.7 Å². The van der Waals surface area contributed by atoms with Gasteiger partial charge in [0.25, 0.3) is 11.5 Å². The SMILES string of the molecule is O=C([C@@H]1CN(Cc2ccccc2)c2cc([N+](=O)[O-])ccc2O1)C(F)(F)F. The average Bonchev–Trinajstić information content (AvgIpc) is 2.60. The number of fused-ring (bicyclic) bond motifs is 1. The Morgan fingerprint density at radius 1 is 1.23 bits per heavy atom. The summed E-state index contributed by atoms with van der Waals surface area (Å²) in [5, 5.41) is 11.0. The van der Waals surface area contributed by atoms with Crippen molar-refractivity contribution in [1.82, 2.24) is 0 Å². The molecule has 6 nitrogen and oxygen atoms in total. The Labute approximate surface area is 145 Å². The first-order valence-electron chi connectivity index (χ1n) is 7.60. The molecule has 0 fully saturated rings. The van der Waals surface area contributed by atoms with E-state index in [9.17, 15) is 28.1 Å². The standard InChI is InChI=1S/C17H13F3N2O4/c18-17(19,20)16(23)15-10-21(9-11-4-2-1-3-5-11)13-8-12(22(24)25)6-7-14(13)26-15/h1-8,15H,9-10H2/t15-/m0/s1. The number of rotatable bonds is 4. The van der Waals surface area contributed by atoms with Crippen LogP contribution in [0.5, 0.6) is 5.75 Å². The molecule has 2 aromatic rings. The van der Waals surface area contributed by atoms with Crippen LogP contribution in [0.25, 0.3) is 0 Å². The maximum Gasteiger partial charge on any atom is 0.454 e. The molecule has 3 rings (SSSR count). The molecule has 2 aromatic carbocycles. The van der Waals surface area contributed by atoms with Gasteiger partial charge >= 0.3 is 6.18 Å². The molecule has 0 N–H and O–H groups in total. The third kappa shape index (κ3) is 3.61. The van der Waals surface area contributed by atoms with E-state index in [0.29, 0.717) is 0 Å². The Hall–Kier alpha value is -3.10. The molecule has 1 aliphatic rings. The van der Waals surface area contributed by atoms with Crippen molar-refractivity contribution < 1.29 is 27.6 Å². The van der Waals surface area contributed by atoms with E-state index in [4.69, 9.17) is 4.74 Å². The molecular weight excluding hydrogens is 353 g/mol. The molecule has 0 amide bonds. The minimum absolute atomic E-state index is 0.000353. The Morgan fingerprint density at radius 3 is 2.54 bits per heavy atom. The van der Waals surface area contributed by atoms with Crippen molar-refractivity contribution in [3.63, 3.8) is 0 Å². The minimum Gasteiger partial charge on any atom is -0.478 e. The number of hydrogen-bond donors (Lipinski definition) is 0. The minimum atomic E-state index is -5.03. The van der Waals surface area contributed by atoms with Crippen LogP contribution in [0.3, 0.4) is 0 Å². The second kappa shape index (κ2) is 6.66. The number of benzene rings is 2. The second-order valence-electron chi connectivity index (χ2n) is 5.74. The summed E-state index contributed by atoms with van der Waals surface area (Å²) in [6, 6.07) is 12.4. The first-order valence-corrected chi connectivity index (χ1v) is 7.60. The van der Waals surface area contributed by atoms with Gasteiger partial charge in [-0.3, -0.25) is 14.9 Å². The lowest BCUT2D eigenvalue weighted by atomic mass is 10.1. The highest BCUT2D eigenvalue weighted by atomic mass is 19.4. The van der Waals surface area contributed by atoms with Gasteiger partial charge in [-0.05, 0) is 11.6 Å². The zero-order chi connectivity index (χ0) is 18.9. The molecule has 0 spiro atoms. The van der Waals surface area contributed by atoms with E-state index >= 15 is 0 Å². The van der Waals surface area contributed by atoms with Crippen LogP contribution in [0.15, 0.2) is 48.5 Å². The Kier molecular flexibility index (Phi) is 4.54. The molecule has 1 heterocycles. The molecular formula is C17H13F3N2O4. The normalized spacial score (nSPS) is 16.6. The van der Waals surface area contributed by atoms with Gasteiger partial charge in [0, 0.05) is 18.7 Å². The van der Waals surface area contributed by atoms with Crippen LogP contribution in [0.4, 0.5) is 24.5 Å². The van der Waals surface area contributed by atoms with Gasteiger partial charge in [0.2, 0.25) is 0 Å². The fourth-order valence-corrected chi connectivity index (χ4v) is 2.73. The van der Waals surface area contributed by atoms with Crippen LogP contribution in [0.1, 0.15) is 5.56 Å². The monoisotopic (exact) mass is 366 g/mol. The number of Topliss-reactive ketones (excluding diaryl/α,β-unsaturated/α-hetero) is 1. The highest BCUT2D eigenvalue weighted by Gasteiger charge is 2.47. The number of anilines is 1. The van der Waals surface area contributed by atoms with E-state index in [-0.39, 0.29) is 30.2 Å². The lowest BCUT2D eigenvalue weighted by molar-refractivity contribution is -0.384. The van der Waals surface area contributed by atoms with Crippen LogP contribution in [-0.2, 0) is 11.3 Å². The number of carbonyl (C=O) groups excluding carboxylic acids is 1. The summed E-state index contributed by atoms with van der Waals surface area (Å²) in [7, 11) is 0. The van der Waals surface area contributed by atoms with Gasteiger partial charge in [-0.1, -0.05) is 30.3 Å². The summed E-state index contributed by atoms with van der Waals surface area (Å²) < 4.78 is 43.6. The van der Waals surface area contributed by atoms with Gasteiger partial charge in [0.1, 0.15) is 5.75 Å². The molecule has 0 saturated heterocycles. The third-order valence-corrected chi connectivity index (χ3v) is 3.94. The number of alkyl halides is 3. The molecule has 0 unspecified atom stereocenters. The van der Waals surface area contributed by atoms with Crippen molar-refractivity contribution >= 4 is 17.2 Å². The van der Waals surface area contributed by atoms with E-state index < -0.39 is 23.0 Å². The Morgan fingerprint density at radius 2 is 1.92 bits per heavy atom. The Balaban J connectivity index is 1.98. The fourth-order valence-electron chi connectivity index (χ4n) is 2.73. The molecule has 0 aromatic heterocycles. The summed E-state index contributed by atoms with van der Waals surface area (Å²) in [6.45, 7) is -0.179. The first-order chi connectivity index (χ1) is 12.3. The Bertz CT molecular complexity index is 840. The molecule has 0 saturated carbocycles. The average molecular weight is 366 g/mol. The van der Waals surface area contributed by atoms with E-state index in [1.54, 1.807) is 30.3 Å². The first kappa shape index (κ1) is 17.7. The molecule has 0 radical (unpaired) electrons. The van der Waals surface area contributed by atoms with Crippen molar-refractivity contribution in [1.29, 1.82) is 0 Å². The highest BCUT2D eigenvalue weighted by Crippen LogP contribution is 2.38. The summed E-state index contributed by atoms with van der Waals surface area (Å²) in [6.07, 6.45) is -6.76. The summed E-state index contributed by atoms with van der Waals surface area (Å²) in [4.78, 5) is 23.5.